The Morgan fingerprint density at radius 3 is 2.71 bits per heavy atom. The monoisotopic (exact) mass is 464 g/mol. The molecule has 0 spiro atoms. The average Bonchev–Trinajstić information content (AvgIpc) is 3.58. The molecule has 4 aromatic rings. The molecule has 0 saturated carbocycles. The van der Waals surface area contributed by atoms with Crippen molar-refractivity contribution in [2.75, 3.05) is 43.4 Å². The number of furan rings is 1. The first-order valence-corrected chi connectivity index (χ1v) is 11.1. The molecule has 34 heavy (non-hydrogen) atoms. The van der Waals surface area contributed by atoms with E-state index in [0.717, 1.165) is 37.8 Å². The highest BCUT2D eigenvalue weighted by Crippen LogP contribution is 2.37. The van der Waals surface area contributed by atoms with Crippen LogP contribution in [0.1, 0.15) is 18.0 Å². The van der Waals surface area contributed by atoms with Gasteiger partial charge in [0.15, 0.2) is 11.4 Å². The van der Waals surface area contributed by atoms with Gasteiger partial charge in [0.25, 0.3) is 0 Å². The largest absolute Gasteiger partial charge is 0.461 e. The lowest BCUT2D eigenvalue weighted by atomic mass is 10.0. The number of anilines is 2. The molecule has 1 aromatic carbocycles. The number of aliphatic imine (C=N–C) groups is 1. The SMILES string of the molecule is Nc1nc2c(c3nc(-c4ccco4)nn13)N=CC2CCN1CCN(c2ccc(F)cc2F)CC1. The third-order valence-corrected chi connectivity index (χ3v) is 6.37. The second kappa shape index (κ2) is 8.17. The number of benzene rings is 1. The van der Waals surface area contributed by atoms with E-state index >= 15 is 0 Å². The van der Waals surface area contributed by atoms with Crippen LogP contribution in [0.15, 0.2) is 46.0 Å². The van der Waals surface area contributed by atoms with E-state index in [1.54, 1.807) is 18.4 Å². The normalized spacial score (nSPS) is 18.2. The third kappa shape index (κ3) is 3.58. The predicted octanol–water partition coefficient (Wildman–Crippen LogP) is 3.26. The topological polar surface area (TPSA) is 101 Å². The Balaban J connectivity index is 1.13. The first-order valence-electron chi connectivity index (χ1n) is 11.1. The summed E-state index contributed by atoms with van der Waals surface area (Å²) in [6.07, 6.45) is 4.28. The van der Waals surface area contributed by atoms with Gasteiger partial charge < -0.3 is 15.1 Å². The standard InChI is InChI=1S/C23H22F2N8O/c24-15-3-4-17(16(25)12-15)32-9-7-31(8-10-32)6-5-14-13-27-20-19(14)28-23(26)33-22(20)29-21(30-33)18-2-1-11-34-18/h1-4,11-14H,5-10H2,(H2,26,28). The number of piperazine rings is 1. The smallest absolute Gasteiger partial charge is 0.223 e. The number of nitrogen functional groups attached to an aromatic ring is 1. The fraction of sp³-hybridized carbons (Fsp3) is 0.304. The van der Waals surface area contributed by atoms with Gasteiger partial charge in [0.05, 0.1) is 17.6 Å². The molecule has 2 aliphatic rings. The van der Waals surface area contributed by atoms with Crippen molar-refractivity contribution in [2.45, 2.75) is 12.3 Å². The molecule has 1 fully saturated rings. The van der Waals surface area contributed by atoms with E-state index in [-0.39, 0.29) is 11.9 Å². The summed E-state index contributed by atoms with van der Waals surface area (Å²) in [5.41, 5.74) is 8.67. The minimum atomic E-state index is -0.562. The van der Waals surface area contributed by atoms with Gasteiger partial charge in [-0.25, -0.2) is 18.7 Å². The Bertz CT molecular complexity index is 1380. The molecule has 2 N–H and O–H groups in total. The van der Waals surface area contributed by atoms with E-state index in [9.17, 15) is 8.78 Å². The van der Waals surface area contributed by atoms with Crippen molar-refractivity contribution >= 4 is 29.2 Å². The molecule has 1 atom stereocenters. The molecule has 2 aliphatic heterocycles. The summed E-state index contributed by atoms with van der Waals surface area (Å²) in [6, 6.07) is 7.29. The van der Waals surface area contributed by atoms with Gasteiger partial charge in [-0.05, 0) is 37.2 Å². The molecular formula is C23H22F2N8O. The fourth-order valence-electron chi connectivity index (χ4n) is 4.57. The van der Waals surface area contributed by atoms with Crippen molar-refractivity contribution in [3.63, 3.8) is 0 Å². The van der Waals surface area contributed by atoms with Crippen LogP contribution in [0.5, 0.6) is 0 Å². The van der Waals surface area contributed by atoms with Crippen LogP contribution in [0.4, 0.5) is 26.1 Å². The Morgan fingerprint density at radius 1 is 1.09 bits per heavy atom. The summed E-state index contributed by atoms with van der Waals surface area (Å²) in [6.45, 7) is 3.78. The molecule has 3 aromatic heterocycles. The van der Waals surface area contributed by atoms with Crippen LogP contribution < -0.4 is 10.6 Å². The first-order chi connectivity index (χ1) is 16.6. The van der Waals surface area contributed by atoms with Gasteiger partial charge in [-0.1, -0.05) is 0 Å². The second-order valence-corrected chi connectivity index (χ2v) is 8.45. The number of rotatable bonds is 5. The van der Waals surface area contributed by atoms with E-state index in [2.05, 4.69) is 25.0 Å². The van der Waals surface area contributed by atoms with Gasteiger partial charge in [0.2, 0.25) is 11.8 Å². The van der Waals surface area contributed by atoms with Crippen LogP contribution in [-0.4, -0.2) is 63.4 Å². The van der Waals surface area contributed by atoms with E-state index in [1.165, 1.54) is 16.6 Å². The van der Waals surface area contributed by atoms with Gasteiger partial charge in [0.1, 0.15) is 17.3 Å². The van der Waals surface area contributed by atoms with E-state index in [4.69, 9.17) is 10.2 Å². The molecule has 0 amide bonds. The lowest BCUT2D eigenvalue weighted by molar-refractivity contribution is 0.252. The highest BCUT2D eigenvalue weighted by molar-refractivity contribution is 5.86. The van der Waals surface area contributed by atoms with Gasteiger partial charge in [-0.2, -0.15) is 4.52 Å². The third-order valence-electron chi connectivity index (χ3n) is 6.37. The molecule has 0 radical (unpaired) electrons. The molecule has 0 aliphatic carbocycles. The zero-order valence-electron chi connectivity index (χ0n) is 18.2. The molecule has 5 heterocycles. The number of halogens is 2. The van der Waals surface area contributed by atoms with Crippen molar-refractivity contribution in [1.29, 1.82) is 0 Å². The molecule has 174 valence electrons. The zero-order chi connectivity index (χ0) is 23.2. The van der Waals surface area contributed by atoms with Crippen LogP contribution in [-0.2, 0) is 0 Å². The minimum absolute atomic E-state index is 0.0265. The molecule has 6 rings (SSSR count). The number of hydrogen-bond donors (Lipinski definition) is 1. The van der Waals surface area contributed by atoms with Crippen LogP contribution in [0.3, 0.4) is 0 Å². The maximum atomic E-state index is 14.1. The van der Waals surface area contributed by atoms with Crippen LogP contribution >= 0.6 is 0 Å². The number of nitrogens with two attached hydrogens (primary N) is 1. The summed E-state index contributed by atoms with van der Waals surface area (Å²) in [5, 5.41) is 4.41. The van der Waals surface area contributed by atoms with Crippen molar-refractivity contribution in [2.24, 2.45) is 4.99 Å². The van der Waals surface area contributed by atoms with E-state index in [1.807, 2.05) is 11.1 Å². The van der Waals surface area contributed by atoms with Crippen LogP contribution in [0.25, 0.3) is 17.2 Å². The van der Waals surface area contributed by atoms with Crippen molar-refractivity contribution < 1.29 is 13.2 Å². The Labute approximate surface area is 193 Å². The Morgan fingerprint density at radius 2 is 1.94 bits per heavy atom. The van der Waals surface area contributed by atoms with Gasteiger partial charge in [-0.3, -0.25) is 9.89 Å². The molecular weight excluding hydrogens is 442 g/mol. The second-order valence-electron chi connectivity index (χ2n) is 8.45. The maximum Gasteiger partial charge on any atom is 0.223 e. The number of aromatic nitrogens is 4. The van der Waals surface area contributed by atoms with Gasteiger partial charge in [-0.15, -0.1) is 5.10 Å². The van der Waals surface area contributed by atoms with Crippen LogP contribution in [0, 0.1) is 11.6 Å². The van der Waals surface area contributed by atoms with Gasteiger partial charge in [0, 0.05) is 44.4 Å². The van der Waals surface area contributed by atoms with Crippen molar-refractivity contribution in [1.82, 2.24) is 24.5 Å². The molecule has 1 unspecified atom stereocenters. The summed E-state index contributed by atoms with van der Waals surface area (Å²) >= 11 is 0. The summed E-state index contributed by atoms with van der Waals surface area (Å²) < 4.78 is 34.2. The average molecular weight is 464 g/mol. The van der Waals surface area contributed by atoms with Crippen molar-refractivity contribution in [3.8, 4) is 11.6 Å². The Hall–Kier alpha value is -3.86. The maximum absolute atomic E-state index is 14.1. The first kappa shape index (κ1) is 20.7. The summed E-state index contributed by atoms with van der Waals surface area (Å²) in [4.78, 5) is 18.0. The quantitative estimate of drug-likeness (QED) is 0.484. The van der Waals surface area contributed by atoms with E-state index < -0.39 is 11.6 Å². The summed E-state index contributed by atoms with van der Waals surface area (Å²) in [5.74, 6) is 0.179. The molecule has 1 saturated heterocycles. The summed E-state index contributed by atoms with van der Waals surface area (Å²) in [7, 11) is 0. The fourth-order valence-corrected chi connectivity index (χ4v) is 4.57. The zero-order valence-corrected chi connectivity index (χ0v) is 18.2. The number of hydrogen-bond acceptors (Lipinski definition) is 8. The lowest BCUT2D eigenvalue weighted by Gasteiger charge is -2.36. The van der Waals surface area contributed by atoms with Crippen LogP contribution in [0.2, 0.25) is 0 Å². The highest BCUT2D eigenvalue weighted by Gasteiger charge is 2.28. The lowest BCUT2D eigenvalue weighted by Crippen LogP contribution is -2.47. The molecule has 11 heteroatoms. The number of fused-ring (bicyclic) bond motifs is 3. The highest BCUT2D eigenvalue weighted by atomic mass is 19.1. The molecule has 9 nitrogen and oxygen atoms in total. The van der Waals surface area contributed by atoms with Gasteiger partial charge >= 0.3 is 0 Å². The van der Waals surface area contributed by atoms with Crippen molar-refractivity contribution in [3.05, 3.63) is 53.9 Å². The molecule has 0 bridgehead atoms. The predicted molar refractivity (Wildman–Crippen MR) is 123 cm³/mol. The Kier molecular flexibility index (Phi) is 4.98. The number of nitrogens with zero attached hydrogens (tertiary/aromatic N) is 7. The van der Waals surface area contributed by atoms with E-state index in [0.29, 0.717) is 41.7 Å². The minimum Gasteiger partial charge on any atom is -0.461 e.